The van der Waals surface area contributed by atoms with E-state index in [9.17, 15) is 36.0 Å². The molecule has 4 fully saturated rings. The number of benzene rings is 2. The van der Waals surface area contributed by atoms with Gasteiger partial charge >= 0.3 is 12.2 Å². The summed E-state index contributed by atoms with van der Waals surface area (Å²) in [6.45, 7) is 7.01. The van der Waals surface area contributed by atoms with Crippen molar-refractivity contribution in [3.8, 4) is 22.9 Å². The Hall–Kier alpha value is -4.55. The molecule has 18 heteroatoms. The summed E-state index contributed by atoms with van der Waals surface area (Å²) in [4.78, 5) is 51.8. The molecule has 0 N–H and O–H groups in total. The van der Waals surface area contributed by atoms with Crippen LogP contribution in [0.5, 0.6) is 11.5 Å². The molecule has 1 saturated carbocycles. The second kappa shape index (κ2) is 15.8. The minimum absolute atomic E-state index is 0.0573. The van der Waals surface area contributed by atoms with Crippen molar-refractivity contribution in [2.24, 2.45) is 11.8 Å². The zero-order chi connectivity index (χ0) is 39.8. The Bertz CT molecular complexity index is 2060. The third kappa shape index (κ3) is 8.41. The van der Waals surface area contributed by atoms with E-state index in [0.717, 1.165) is 29.9 Å². The second-order valence-electron chi connectivity index (χ2n) is 15.3. The summed E-state index contributed by atoms with van der Waals surface area (Å²) in [5.41, 5.74) is -2.47. The molecule has 3 aliphatic heterocycles. The van der Waals surface area contributed by atoms with Crippen molar-refractivity contribution in [1.29, 1.82) is 0 Å². The lowest BCUT2D eigenvalue weighted by Gasteiger charge is -2.43. The lowest BCUT2D eigenvalue weighted by Crippen LogP contribution is -2.58. The molecule has 4 amide bonds. The monoisotopic (exact) mass is 802 g/mol. The first kappa shape index (κ1) is 39.7. The summed E-state index contributed by atoms with van der Waals surface area (Å²) in [5, 5.41) is 3.87. The Balaban J connectivity index is 1.10. The highest BCUT2D eigenvalue weighted by Crippen LogP contribution is 2.42. The van der Waals surface area contributed by atoms with Crippen LogP contribution in [0.15, 0.2) is 51.9 Å². The third-order valence-corrected chi connectivity index (χ3v) is 12.8. The quantitative estimate of drug-likeness (QED) is 0.209. The van der Waals surface area contributed by atoms with Crippen LogP contribution in [0, 0.1) is 11.8 Å². The number of aromatic nitrogens is 2. The van der Waals surface area contributed by atoms with E-state index >= 15 is 0 Å². The summed E-state index contributed by atoms with van der Waals surface area (Å²) in [6, 6.07) is 8.06. The molecule has 4 heterocycles. The number of sulfone groups is 1. The number of nitrogens with zero attached hydrogens (tertiary/aromatic N) is 6. The van der Waals surface area contributed by atoms with Gasteiger partial charge in [-0.05, 0) is 67.9 Å². The summed E-state index contributed by atoms with van der Waals surface area (Å²) in [5.74, 6) is -1.69. The Morgan fingerprint density at radius 3 is 2.39 bits per heavy atom. The molecular formula is C38H45F3N6O8S. The Labute approximate surface area is 322 Å². The number of amides is 4. The highest BCUT2D eigenvalue weighted by Gasteiger charge is 2.58. The van der Waals surface area contributed by atoms with Crippen molar-refractivity contribution >= 4 is 27.7 Å². The van der Waals surface area contributed by atoms with Crippen molar-refractivity contribution in [3.63, 3.8) is 0 Å². The molecule has 2 aromatic carbocycles. The largest absolute Gasteiger partial charge is 0.455 e. The van der Waals surface area contributed by atoms with Gasteiger partial charge in [0.25, 0.3) is 5.91 Å². The normalized spacial score (nSPS) is 19.4. The number of ether oxygens (including phenoxy) is 2. The van der Waals surface area contributed by atoms with Crippen molar-refractivity contribution in [2.45, 2.75) is 69.1 Å². The molecule has 0 atom stereocenters. The van der Waals surface area contributed by atoms with Gasteiger partial charge in [-0.2, -0.15) is 18.2 Å². The maximum absolute atomic E-state index is 14.5. The number of urea groups is 1. The number of morpholine rings is 1. The number of imide groups is 1. The van der Waals surface area contributed by atoms with Gasteiger partial charge in [-0.15, -0.1) is 0 Å². The predicted octanol–water partition coefficient (Wildman–Crippen LogP) is 5.24. The van der Waals surface area contributed by atoms with E-state index in [2.05, 4.69) is 15.0 Å². The number of hydrogen-bond acceptors (Lipinski definition) is 11. The number of alkyl halides is 3. The van der Waals surface area contributed by atoms with Crippen molar-refractivity contribution in [2.75, 3.05) is 58.2 Å². The first-order chi connectivity index (χ1) is 26.6. The molecule has 1 aromatic heterocycles. The number of hydrogen-bond donors (Lipinski definition) is 0. The van der Waals surface area contributed by atoms with Crippen LogP contribution in [0.4, 0.5) is 18.0 Å². The lowest BCUT2D eigenvalue weighted by atomic mass is 9.85. The van der Waals surface area contributed by atoms with Crippen LogP contribution >= 0.6 is 0 Å². The van der Waals surface area contributed by atoms with Crippen LogP contribution in [0.2, 0.25) is 0 Å². The smallest absolute Gasteiger partial charge is 0.420 e. The zero-order valence-electron chi connectivity index (χ0n) is 31.3. The molecule has 3 aromatic rings. The molecule has 14 nitrogen and oxygen atoms in total. The van der Waals surface area contributed by atoms with Crippen LogP contribution in [-0.4, -0.2) is 120 Å². The average Bonchev–Trinajstić information content (AvgIpc) is 3.81. The molecular weight excluding hydrogens is 758 g/mol. The Kier molecular flexibility index (Phi) is 11.2. The topological polar surface area (TPSA) is 156 Å². The number of likely N-dealkylation sites (tertiary alicyclic amines) is 1. The molecule has 4 aliphatic rings. The molecule has 302 valence electrons. The van der Waals surface area contributed by atoms with Gasteiger partial charge < -0.3 is 23.8 Å². The minimum Gasteiger partial charge on any atom is -0.455 e. The number of carbonyl (C=O) groups is 3. The Morgan fingerprint density at radius 1 is 1.00 bits per heavy atom. The Morgan fingerprint density at radius 2 is 1.71 bits per heavy atom. The van der Waals surface area contributed by atoms with Crippen LogP contribution in [0.1, 0.15) is 57.4 Å². The van der Waals surface area contributed by atoms with Gasteiger partial charge in [0, 0.05) is 51.3 Å². The van der Waals surface area contributed by atoms with Gasteiger partial charge in [-0.1, -0.05) is 31.1 Å². The van der Waals surface area contributed by atoms with E-state index in [1.165, 1.54) is 30.3 Å². The van der Waals surface area contributed by atoms with E-state index in [4.69, 9.17) is 14.0 Å². The average molecular weight is 803 g/mol. The SMILES string of the molecule is CC(C)CS(=O)(=O)c1ccccc1Oc1ccc(-c2noc(CN3C(=O)N(CCN4CCOCC4)C4(CCN(C(=O)CC5CC5)CC4)C3=O)n2)cc1C(F)(F)F. The van der Waals surface area contributed by atoms with Gasteiger partial charge in [-0.3, -0.25) is 19.4 Å². The first-order valence-electron chi connectivity index (χ1n) is 18.9. The van der Waals surface area contributed by atoms with Gasteiger partial charge in [0.1, 0.15) is 28.5 Å². The number of halogens is 3. The molecule has 0 bridgehead atoms. The molecule has 56 heavy (non-hydrogen) atoms. The van der Waals surface area contributed by atoms with Crippen LogP contribution in [0.3, 0.4) is 0 Å². The fraction of sp³-hybridized carbons (Fsp3) is 0.553. The standard InChI is InChI=1S/C38H45F3N6O8S/c1-25(2)24-56(51,52)31-6-4-3-5-30(31)54-29-10-9-27(22-28(29)38(39,40)41)34-42-32(55-43-34)23-46-35(49)37(11-13-45(14-12-37)33(48)21-26-7-8-26)47(36(46)50)16-15-44-17-19-53-20-18-44/h3-6,9-10,22,25-26H,7-8,11-21,23-24H2,1-2H3. The van der Waals surface area contributed by atoms with E-state index in [0.29, 0.717) is 58.3 Å². The van der Waals surface area contributed by atoms with E-state index in [-0.39, 0.29) is 64.9 Å². The maximum atomic E-state index is 14.5. The predicted molar refractivity (Wildman–Crippen MR) is 194 cm³/mol. The zero-order valence-corrected chi connectivity index (χ0v) is 32.1. The van der Waals surface area contributed by atoms with Crippen LogP contribution < -0.4 is 4.74 Å². The van der Waals surface area contributed by atoms with Crippen molar-refractivity contribution in [3.05, 3.63) is 53.9 Å². The summed E-state index contributed by atoms with van der Waals surface area (Å²) < 4.78 is 85.9. The fourth-order valence-corrected chi connectivity index (χ4v) is 9.35. The van der Waals surface area contributed by atoms with E-state index in [1.807, 2.05) is 0 Å². The molecule has 3 saturated heterocycles. The molecule has 0 unspecified atom stereocenters. The first-order valence-corrected chi connectivity index (χ1v) is 20.5. The van der Waals surface area contributed by atoms with Crippen molar-refractivity contribution < 1.29 is 50.0 Å². The number of para-hydroxylation sites is 1. The fourth-order valence-electron chi connectivity index (χ4n) is 7.60. The summed E-state index contributed by atoms with van der Waals surface area (Å²) in [7, 11) is -3.87. The molecule has 1 spiro atoms. The highest BCUT2D eigenvalue weighted by atomic mass is 32.2. The maximum Gasteiger partial charge on any atom is 0.420 e. The third-order valence-electron chi connectivity index (χ3n) is 10.7. The van der Waals surface area contributed by atoms with Gasteiger partial charge in [-0.25, -0.2) is 13.2 Å². The lowest BCUT2D eigenvalue weighted by molar-refractivity contribution is -0.141. The van der Waals surface area contributed by atoms with Crippen LogP contribution in [0.25, 0.3) is 11.4 Å². The van der Waals surface area contributed by atoms with E-state index < -0.39 is 51.3 Å². The second-order valence-corrected chi connectivity index (χ2v) is 17.3. The summed E-state index contributed by atoms with van der Waals surface area (Å²) in [6.07, 6.45) is -1.80. The van der Waals surface area contributed by atoms with Crippen LogP contribution in [-0.2, 0) is 36.9 Å². The number of carbonyl (C=O) groups excluding carboxylic acids is 3. The van der Waals surface area contributed by atoms with Crippen molar-refractivity contribution in [1.82, 2.24) is 29.7 Å². The molecule has 0 radical (unpaired) electrons. The molecule has 7 rings (SSSR count). The van der Waals surface area contributed by atoms with Gasteiger partial charge in [0.2, 0.25) is 17.6 Å². The number of rotatable bonds is 13. The molecule has 1 aliphatic carbocycles. The summed E-state index contributed by atoms with van der Waals surface area (Å²) >= 11 is 0. The van der Waals surface area contributed by atoms with Gasteiger partial charge in [0.15, 0.2) is 9.84 Å². The minimum atomic E-state index is -4.92. The highest BCUT2D eigenvalue weighted by molar-refractivity contribution is 7.91. The number of piperidine rings is 1. The van der Waals surface area contributed by atoms with Gasteiger partial charge in [0.05, 0.1) is 24.5 Å². The van der Waals surface area contributed by atoms with E-state index in [1.54, 1.807) is 23.6 Å².